The molecule has 0 radical (unpaired) electrons. The Balaban J connectivity index is 2.04. The maximum Gasteiger partial charge on any atom is 0.303 e. The van der Waals surface area contributed by atoms with Gasteiger partial charge in [-0.1, -0.05) is 37.8 Å². The van der Waals surface area contributed by atoms with Crippen molar-refractivity contribution in [3.63, 3.8) is 0 Å². The molecule has 1 amide bonds. The van der Waals surface area contributed by atoms with E-state index in [0.717, 1.165) is 32.1 Å². The van der Waals surface area contributed by atoms with Gasteiger partial charge in [0.05, 0.1) is 0 Å². The molecule has 3 N–H and O–H groups in total. The number of rotatable bonds is 0. The number of hydrogen-bond donors (Lipinski definition) is 2. The Morgan fingerprint density at radius 3 is 2.59 bits per heavy atom. The topological polar surface area (TPSA) is 92.5 Å². The van der Waals surface area contributed by atoms with Crippen molar-refractivity contribution in [2.75, 3.05) is 13.6 Å². The van der Waals surface area contributed by atoms with Crippen LogP contribution in [0.2, 0.25) is 0 Å². The van der Waals surface area contributed by atoms with Crippen LogP contribution in [-0.4, -0.2) is 37.8 Å². The lowest BCUT2D eigenvalue weighted by atomic mass is 10.1. The molecule has 0 unspecified atom stereocenters. The summed E-state index contributed by atoms with van der Waals surface area (Å²) in [6, 6.07) is 0. The first kappa shape index (κ1) is 17.4. The van der Waals surface area contributed by atoms with Gasteiger partial charge < -0.3 is 5.73 Å². The lowest BCUT2D eigenvalue weighted by molar-refractivity contribution is -0.121. The van der Waals surface area contributed by atoms with Gasteiger partial charge in [-0.3, -0.25) is 4.79 Å². The van der Waals surface area contributed by atoms with E-state index >= 15 is 0 Å². The summed E-state index contributed by atoms with van der Waals surface area (Å²) in [4.78, 5) is 12.2. The van der Waals surface area contributed by atoms with Crippen molar-refractivity contribution in [3.8, 4) is 0 Å². The summed E-state index contributed by atoms with van der Waals surface area (Å²) in [5.74, 6) is -0.651. The van der Waals surface area contributed by atoms with Crippen molar-refractivity contribution >= 4 is 16.1 Å². The molecule has 1 fully saturated rings. The van der Waals surface area contributed by atoms with E-state index < -0.39 is 21.7 Å². The third-order valence-corrected chi connectivity index (χ3v) is 6.02. The summed E-state index contributed by atoms with van der Waals surface area (Å²) in [5, 5.41) is 0. The third-order valence-electron chi connectivity index (χ3n) is 4.58. The minimum Gasteiger partial charge on any atom is -0.317 e. The minimum absolute atomic E-state index is 0.0547. The highest BCUT2D eigenvalue weighted by atomic mass is 32.2. The van der Waals surface area contributed by atoms with Crippen LogP contribution >= 0.6 is 0 Å². The molecular formula is C15H27N3O3S. The fourth-order valence-electron chi connectivity index (χ4n) is 2.78. The van der Waals surface area contributed by atoms with Gasteiger partial charge in [-0.05, 0) is 25.7 Å². The van der Waals surface area contributed by atoms with E-state index in [2.05, 4.69) is 10.8 Å². The number of fused-ring (bicyclic) bond motifs is 1. The first-order chi connectivity index (χ1) is 10.4. The fourth-order valence-corrected chi connectivity index (χ4v) is 3.73. The van der Waals surface area contributed by atoms with Crippen LogP contribution in [-0.2, 0) is 15.0 Å². The van der Waals surface area contributed by atoms with E-state index in [4.69, 9.17) is 5.73 Å². The van der Waals surface area contributed by atoms with Crippen LogP contribution in [0.3, 0.4) is 0 Å². The van der Waals surface area contributed by atoms with Crippen LogP contribution in [0.5, 0.6) is 0 Å². The van der Waals surface area contributed by atoms with E-state index in [1.54, 1.807) is 0 Å². The molecule has 2 atom stereocenters. The Kier molecular flexibility index (Phi) is 5.63. The zero-order valence-corrected chi connectivity index (χ0v) is 14.1. The number of carbonyl (C=O) groups is 1. The van der Waals surface area contributed by atoms with Gasteiger partial charge in [-0.2, -0.15) is 12.7 Å². The second kappa shape index (κ2) is 7.10. The normalized spacial score (nSPS) is 34.6. The molecule has 1 aliphatic heterocycles. The molecule has 0 aromatic carbocycles. The number of carbonyl (C=O) groups excluding carboxylic acids is 1. The molecule has 6 nitrogen and oxygen atoms in total. The predicted molar refractivity (Wildman–Crippen MR) is 86.2 cm³/mol. The first-order valence-electron chi connectivity index (χ1n) is 8.10. The average Bonchev–Trinajstić information content (AvgIpc) is 3.11. The molecule has 1 aliphatic carbocycles. The Labute approximate surface area is 133 Å². The summed E-state index contributed by atoms with van der Waals surface area (Å²) < 4.78 is 27.6. The second-order valence-corrected chi connectivity index (χ2v) is 8.22. The van der Waals surface area contributed by atoms with E-state index in [9.17, 15) is 13.2 Å². The molecule has 0 aromatic rings. The van der Waals surface area contributed by atoms with Gasteiger partial charge in [0.2, 0.25) is 0 Å². The van der Waals surface area contributed by atoms with Crippen LogP contribution < -0.4 is 10.5 Å². The maximum absolute atomic E-state index is 12.2. The summed E-state index contributed by atoms with van der Waals surface area (Å²) >= 11 is 0. The zero-order valence-electron chi connectivity index (χ0n) is 13.3. The largest absolute Gasteiger partial charge is 0.317 e. The third kappa shape index (κ3) is 4.30. The molecule has 0 bridgehead atoms. The van der Waals surface area contributed by atoms with Crippen LogP contribution in [0.4, 0.5) is 0 Å². The zero-order chi connectivity index (χ0) is 16.2. The quantitative estimate of drug-likeness (QED) is 0.655. The number of nitrogens with one attached hydrogen (secondary N) is 1. The van der Waals surface area contributed by atoms with Gasteiger partial charge in [0.1, 0.15) is 5.54 Å². The molecule has 2 rings (SSSR count). The van der Waals surface area contributed by atoms with Gasteiger partial charge in [0.15, 0.2) is 0 Å². The van der Waals surface area contributed by atoms with E-state index in [0.29, 0.717) is 13.0 Å². The second-order valence-electron chi connectivity index (χ2n) is 6.45. The Hall–Kier alpha value is -0.920. The predicted octanol–water partition coefficient (Wildman–Crippen LogP) is 1.30. The lowest BCUT2D eigenvalue weighted by Gasteiger charge is -2.19. The molecule has 22 heavy (non-hydrogen) atoms. The van der Waals surface area contributed by atoms with Gasteiger partial charge >= 0.3 is 10.2 Å². The van der Waals surface area contributed by atoms with Crippen LogP contribution in [0.15, 0.2) is 12.2 Å². The highest BCUT2D eigenvalue weighted by molar-refractivity contribution is 7.87. The Bertz CT molecular complexity index is 532. The van der Waals surface area contributed by atoms with Crippen LogP contribution in [0.1, 0.15) is 51.4 Å². The van der Waals surface area contributed by atoms with Gasteiger partial charge in [-0.25, -0.2) is 4.72 Å². The summed E-state index contributed by atoms with van der Waals surface area (Å²) in [5.41, 5.74) is 4.95. The number of hydrogen-bond acceptors (Lipinski definition) is 4. The molecule has 126 valence electrons. The molecule has 0 saturated heterocycles. The SMILES string of the molecule is CN1CCCCCCCCC=C[C@@H]2C[C@]2(N)C(=O)NS1(=O)=O. The van der Waals surface area contributed by atoms with Gasteiger partial charge in [0, 0.05) is 19.5 Å². The summed E-state index contributed by atoms with van der Waals surface area (Å²) in [7, 11) is -2.30. The average molecular weight is 329 g/mol. The first-order valence-corrected chi connectivity index (χ1v) is 9.54. The van der Waals surface area contributed by atoms with Crippen molar-refractivity contribution in [3.05, 3.63) is 12.2 Å². The molecule has 0 aromatic heterocycles. The Morgan fingerprint density at radius 2 is 1.86 bits per heavy atom. The van der Waals surface area contributed by atoms with E-state index in [-0.39, 0.29) is 5.92 Å². The molecule has 7 heteroatoms. The highest BCUT2D eigenvalue weighted by Crippen LogP contribution is 2.42. The smallest absolute Gasteiger partial charge is 0.303 e. The maximum atomic E-state index is 12.2. The molecule has 2 aliphatic rings. The fraction of sp³-hybridized carbons (Fsp3) is 0.800. The molecule has 1 saturated carbocycles. The molecule has 1 heterocycles. The van der Waals surface area contributed by atoms with E-state index in [1.807, 2.05) is 6.08 Å². The summed E-state index contributed by atoms with van der Waals surface area (Å²) in [6.45, 7) is 0.420. The molecular weight excluding hydrogens is 302 g/mol. The van der Waals surface area contributed by atoms with Crippen molar-refractivity contribution in [2.24, 2.45) is 11.7 Å². The molecule has 0 spiro atoms. The monoisotopic (exact) mass is 329 g/mol. The number of allylic oxidation sites excluding steroid dienone is 1. The van der Waals surface area contributed by atoms with Crippen molar-refractivity contribution in [1.82, 2.24) is 9.03 Å². The summed E-state index contributed by atoms with van der Waals surface area (Å²) in [6.07, 6.45) is 12.0. The Morgan fingerprint density at radius 1 is 1.23 bits per heavy atom. The van der Waals surface area contributed by atoms with Gasteiger partial charge in [0.25, 0.3) is 5.91 Å². The van der Waals surface area contributed by atoms with Crippen LogP contribution in [0, 0.1) is 5.92 Å². The van der Waals surface area contributed by atoms with E-state index in [1.165, 1.54) is 24.2 Å². The standard InChI is InChI=1S/C15H27N3O3S/c1-18-11-9-7-5-3-2-4-6-8-10-13-12-15(13,16)14(19)17-22(18,20)21/h8,10,13H,2-7,9,11-12,16H2,1H3,(H,17,19)/t13-,15-/m1/s1. The van der Waals surface area contributed by atoms with Crippen LogP contribution in [0.25, 0.3) is 0 Å². The number of nitrogens with two attached hydrogens (primary N) is 1. The number of amides is 1. The lowest BCUT2D eigenvalue weighted by Crippen LogP contribution is -2.50. The van der Waals surface area contributed by atoms with Gasteiger partial charge in [-0.15, -0.1) is 0 Å². The van der Waals surface area contributed by atoms with Crippen molar-refractivity contribution in [1.29, 1.82) is 0 Å². The van der Waals surface area contributed by atoms with Crippen molar-refractivity contribution < 1.29 is 13.2 Å². The highest BCUT2D eigenvalue weighted by Gasteiger charge is 2.56. The number of nitrogens with zero attached hydrogens (tertiary/aromatic N) is 1. The minimum atomic E-state index is -3.79. The van der Waals surface area contributed by atoms with Crippen molar-refractivity contribution in [2.45, 2.75) is 56.9 Å².